The van der Waals surface area contributed by atoms with Gasteiger partial charge in [0.05, 0.1) is 5.54 Å². The molecule has 0 spiro atoms. The fourth-order valence-corrected chi connectivity index (χ4v) is 3.05. The number of piperazine rings is 1. The minimum absolute atomic E-state index is 0.103. The maximum absolute atomic E-state index is 3.72. The third-order valence-corrected chi connectivity index (χ3v) is 4.57. The molecule has 0 aliphatic carbocycles. The molecule has 1 fully saturated rings. The van der Waals surface area contributed by atoms with Crippen LogP contribution in [-0.4, -0.2) is 30.1 Å². The third kappa shape index (κ3) is 3.42. The van der Waals surface area contributed by atoms with Crippen LogP contribution in [0.25, 0.3) is 0 Å². The number of rotatable bonds is 4. The molecule has 1 aromatic carbocycles. The van der Waals surface area contributed by atoms with Crippen molar-refractivity contribution < 1.29 is 0 Å². The highest BCUT2D eigenvalue weighted by Crippen LogP contribution is 2.33. The Bertz CT molecular complexity index is 424. The molecule has 0 amide bonds. The highest BCUT2D eigenvalue weighted by Gasteiger charge is 2.41. The Balaban J connectivity index is 2.24. The van der Waals surface area contributed by atoms with Gasteiger partial charge in [0.25, 0.3) is 0 Å². The van der Waals surface area contributed by atoms with E-state index in [4.69, 9.17) is 0 Å². The number of nitrogens with zero attached hydrogens (tertiary/aromatic N) is 1. The van der Waals surface area contributed by atoms with E-state index in [1.54, 1.807) is 0 Å². The van der Waals surface area contributed by atoms with Crippen molar-refractivity contribution in [3.8, 4) is 0 Å². The van der Waals surface area contributed by atoms with Crippen LogP contribution in [0.4, 0.5) is 0 Å². The average molecular weight is 274 g/mol. The summed E-state index contributed by atoms with van der Waals surface area (Å²) in [6, 6.07) is 10.9. The predicted octanol–water partition coefficient (Wildman–Crippen LogP) is 3.63. The Morgan fingerprint density at radius 3 is 2.40 bits per heavy atom. The summed E-state index contributed by atoms with van der Waals surface area (Å²) in [7, 11) is 0. The van der Waals surface area contributed by atoms with Gasteiger partial charge in [0.15, 0.2) is 0 Å². The molecule has 2 nitrogen and oxygen atoms in total. The number of hydrogen-bond acceptors (Lipinski definition) is 2. The molecular formula is C18H30N2. The highest BCUT2D eigenvalue weighted by atomic mass is 15.3. The largest absolute Gasteiger partial charge is 0.308 e. The molecule has 1 aromatic rings. The van der Waals surface area contributed by atoms with Gasteiger partial charge in [0.1, 0.15) is 0 Å². The van der Waals surface area contributed by atoms with E-state index >= 15 is 0 Å². The molecule has 0 radical (unpaired) electrons. The van der Waals surface area contributed by atoms with Gasteiger partial charge in [0, 0.05) is 18.6 Å². The zero-order valence-corrected chi connectivity index (χ0v) is 13.7. The van der Waals surface area contributed by atoms with Crippen LogP contribution in [0.3, 0.4) is 0 Å². The van der Waals surface area contributed by atoms with Crippen molar-refractivity contribution in [3.05, 3.63) is 35.9 Å². The van der Waals surface area contributed by atoms with Crippen molar-refractivity contribution in [3.63, 3.8) is 0 Å². The maximum atomic E-state index is 3.72. The first kappa shape index (κ1) is 15.5. The van der Waals surface area contributed by atoms with Gasteiger partial charge in [-0.3, -0.25) is 4.90 Å². The lowest BCUT2D eigenvalue weighted by Crippen LogP contribution is -2.65. The molecule has 1 N–H and O–H groups in total. The Morgan fingerprint density at radius 1 is 1.15 bits per heavy atom. The van der Waals surface area contributed by atoms with Gasteiger partial charge in [-0.2, -0.15) is 0 Å². The highest BCUT2D eigenvalue weighted by molar-refractivity contribution is 5.26. The van der Waals surface area contributed by atoms with E-state index in [1.165, 1.54) is 18.5 Å². The summed E-state index contributed by atoms with van der Waals surface area (Å²) < 4.78 is 0. The number of hydrogen-bond donors (Lipinski definition) is 1. The minimum atomic E-state index is 0.103. The van der Waals surface area contributed by atoms with E-state index in [0.29, 0.717) is 0 Å². The molecule has 1 saturated heterocycles. The van der Waals surface area contributed by atoms with Crippen molar-refractivity contribution in [1.29, 1.82) is 0 Å². The van der Waals surface area contributed by atoms with Crippen LogP contribution < -0.4 is 5.32 Å². The molecule has 1 aliphatic heterocycles. The molecule has 1 unspecified atom stereocenters. The van der Waals surface area contributed by atoms with Gasteiger partial charge >= 0.3 is 0 Å². The molecule has 1 atom stereocenters. The Hall–Kier alpha value is -0.860. The summed E-state index contributed by atoms with van der Waals surface area (Å²) >= 11 is 0. The summed E-state index contributed by atoms with van der Waals surface area (Å²) in [6.45, 7) is 14.9. The molecule has 112 valence electrons. The first-order chi connectivity index (χ1) is 9.33. The van der Waals surface area contributed by atoms with E-state index < -0.39 is 0 Å². The van der Waals surface area contributed by atoms with Crippen LogP contribution in [0.2, 0.25) is 0 Å². The summed E-state index contributed by atoms with van der Waals surface area (Å²) in [5.41, 5.74) is 1.73. The fraction of sp³-hybridized carbons (Fsp3) is 0.667. The smallest absolute Gasteiger partial charge is 0.0558 e. The molecule has 0 saturated carbocycles. The number of benzene rings is 1. The van der Waals surface area contributed by atoms with Crippen LogP contribution in [-0.2, 0) is 5.54 Å². The van der Waals surface area contributed by atoms with E-state index in [9.17, 15) is 0 Å². The minimum Gasteiger partial charge on any atom is -0.308 e. The third-order valence-electron chi connectivity index (χ3n) is 4.57. The Labute approximate surface area is 124 Å². The standard InChI is InChI=1S/C18H30N2/c1-15(2)11-12-20-14-17(3,4)19-13-18(20,5)16-9-7-6-8-10-16/h6-10,15,19H,11-14H2,1-5H3. The van der Waals surface area contributed by atoms with Crippen LogP contribution in [0.1, 0.15) is 46.6 Å². The van der Waals surface area contributed by atoms with Crippen molar-refractivity contribution >= 4 is 0 Å². The van der Waals surface area contributed by atoms with Crippen molar-refractivity contribution in [1.82, 2.24) is 10.2 Å². The molecule has 1 aliphatic rings. The second-order valence-electron chi connectivity index (χ2n) is 7.48. The molecule has 20 heavy (non-hydrogen) atoms. The second kappa shape index (κ2) is 5.87. The second-order valence-corrected chi connectivity index (χ2v) is 7.48. The van der Waals surface area contributed by atoms with Gasteiger partial charge in [-0.25, -0.2) is 0 Å². The van der Waals surface area contributed by atoms with Gasteiger partial charge in [0.2, 0.25) is 0 Å². The summed E-state index contributed by atoms with van der Waals surface area (Å²) in [5, 5.41) is 3.72. The topological polar surface area (TPSA) is 15.3 Å². The maximum Gasteiger partial charge on any atom is 0.0558 e. The van der Waals surface area contributed by atoms with Gasteiger partial charge in [-0.1, -0.05) is 44.2 Å². The Kier molecular flexibility index (Phi) is 4.55. The monoisotopic (exact) mass is 274 g/mol. The molecule has 2 heteroatoms. The fourth-order valence-electron chi connectivity index (χ4n) is 3.05. The molecule has 0 aromatic heterocycles. The van der Waals surface area contributed by atoms with E-state index in [1.807, 2.05) is 0 Å². The lowest BCUT2D eigenvalue weighted by Gasteiger charge is -2.52. The first-order valence-electron chi connectivity index (χ1n) is 7.89. The summed E-state index contributed by atoms with van der Waals surface area (Å²) in [6.07, 6.45) is 1.26. The zero-order valence-electron chi connectivity index (χ0n) is 13.7. The number of nitrogens with one attached hydrogen (secondary N) is 1. The SMILES string of the molecule is CC(C)CCN1CC(C)(C)NCC1(C)c1ccccc1. The van der Waals surface area contributed by atoms with Crippen molar-refractivity contribution in [2.24, 2.45) is 5.92 Å². The molecular weight excluding hydrogens is 244 g/mol. The first-order valence-corrected chi connectivity index (χ1v) is 7.89. The van der Waals surface area contributed by atoms with E-state index in [2.05, 4.69) is 75.2 Å². The normalized spacial score (nSPS) is 26.9. The van der Waals surface area contributed by atoms with E-state index in [0.717, 1.165) is 19.0 Å². The lowest BCUT2D eigenvalue weighted by molar-refractivity contribution is 0.0208. The quantitative estimate of drug-likeness (QED) is 0.902. The predicted molar refractivity (Wildman–Crippen MR) is 86.9 cm³/mol. The van der Waals surface area contributed by atoms with Gasteiger partial charge < -0.3 is 5.32 Å². The van der Waals surface area contributed by atoms with Crippen LogP contribution >= 0.6 is 0 Å². The van der Waals surface area contributed by atoms with Crippen molar-refractivity contribution in [2.45, 2.75) is 52.1 Å². The molecule has 1 heterocycles. The van der Waals surface area contributed by atoms with Gasteiger partial charge in [-0.05, 0) is 45.2 Å². The average Bonchev–Trinajstić information content (AvgIpc) is 2.41. The summed E-state index contributed by atoms with van der Waals surface area (Å²) in [5.74, 6) is 0.757. The van der Waals surface area contributed by atoms with Crippen LogP contribution in [0.5, 0.6) is 0 Å². The zero-order chi connectivity index (χ0) is 14.8. The van der Waals surface area contributed by atoms with Crippen molar-refractivity contribution in [2.75, 3.05) is 19.6 Å². The Morgan fingerprint density at radius 2 is 1.80 bits per heavy atom. The lowest BCUT2D eigenvalue weighted by atomic mass is 9.84. The summed E-state index contributed by atoms with van der Waals surface area (Å²) in [4.78, 5) is 2.68. The molecule has 0 bridgehead atoms. The van der Waals surface area contributed by atoms with Crippen LogP contribution in [0.15, 0.2) is 30.3 Å². The molecule has 2 rings (SSSR count). The van der Waals surface area contributed by atoms with Gasteiger partial charge in [-0.15, -0.1) is 0 Å². The van der Waals surface area contributed by atoms with Crippen LogP contribution in [0, 0.1) is 5.92 Å². The van der Waals surface area contributed by atoms with E-state index in [-0.39, 0.29) is 11.1 Å².